The number of carbonyl (C=O) groups excluding carboxylic acids is 1. The molecule has 3 aromatic rings. The number of hydrogen-bond acceptors (Lipinski definition) is 7. The zero-order valence-electron chi connectivity index (χ0n) is 24.6. The van der Waals surface area contributed by atoms with E-state index in [1.165, 1.54) is 12.4 Å². The lowest BCUT2D eigenvalue weighted by molar-refractivity contribution is -0.138. The number of piperazine rings is 1. The van der Waals surface area contributed by atoms with Crippen molar-refractivity contribution >= 4 is 23.2 Å². The molecule has 5 rings (SSSR count). The molecule has 8 nitrogen and oxygen atoms in total. The second-order valence-corrected chi connectivity index (χ2v) is 11.3. The second-order valence-electron chi connectivity index (χ2n) is 11.3. The third-order valence-electron chi connectivity index (χ3n) is 7.90. The first-order valence-corrected chi connectivity index (χ1v) is 14.1. The zero-order chi connectivity index (χ0) is 31.9. The number of nitrogens with one attached hydrogen (secondary N) is 1. The van der Waals surface area contributed by atoms with E-state index in [2.05, 4.69) is 15.3 Å². The SMILES string of the molecule is CC1CN(c2cc(F)c(-c3cnc(N4C[C@@H](C)O[C@@H](C)C4)nc3)c(F)c2NC(=O)c2ccc(F)cc2C(F)(F)F)CCN1C. The van der Waals surface area contributed by atoms with Crippen LogP contribution in [0, 0.1) is 17.5 Å². The molecule has 0 aliphatic carbocycles. The standard InChI is InChI=1S/C30H32F6N6O2/c1-16-13-41(8-7-40(16)4)24-10-23(32)25(19-11-37-29(38-12-19)42-14-17(2)44-18(3)15-42)26(33)27(24)39-28(43)21-6-5-20(31)9-22(21)30(34,35)36/h5-6,9-12,16-18H,7-8,13-15H2,1-4H3,(H,39,43)/t16?,17-,18+. The molecule has 236 valence electrons. The molecule has 0 bridgehead atoms. The second kappa shape index (κ2) is 12.2. The molecule has 2 fully saturated rings. The van der Waals surface area contributed by atoms with E-state index >= 15 is 8.78 Å². The number of morpholine rings is 1. The van der Waals surface area contributed by atoms with Crippen LogP contribution < -0.4 is 15.1 Å². The Hall–Kier alpha value is -3.91. The van der Waals surface area contributed by atoms with Gasteiger partial charge in [0.05, 0.1) is 34.6 Å². The minimum absolute atomic E-state index is 0.0291. The Morgan fingerprint density at radius 3 is 2.23 bits per heavy atom. The summed E-state index contributed by atoms with van der Waals surface area (Å²) >= 11 is 0. The summed E-state index contributed by atoms with van der Waals surface area (Å²) < 4.78 is 92.6. The first-order valence-electron chi connectivity index (χ1n) is 14.1. The predicted molar refractivity (Wildman–Crippen MR) is 153 cm³/mol. The van der Waals surface area contributed by atoms with Crippen LogP contribution in [0.3, 0.4) is 0 Å². The van der Waals surface area contributed by atoms with Crippen LogP contribution >= 0.6 is 0 Å². The fourth-order valence-electron chi connectivity index (χ4n) is 5.59. The number of alkyl halides is 3. The van der Waals surface area contributed by atoms with Gasteiger partial charge in [-0.05, 0) is 46.0 Å². The maximum atomic E-state index is 16.4. The molecule has 2 saturated heterocycles. The monoisotopic (exact) mass is 622 g/mol. The molecule has 2 aromatic carbocycles. The highest BCUT2D eigenvalue weighted by molar-refractivity contribution is 6.07. The number of ether oxygens (including phenoxy) is 1. The molecular weight excluding hydrogens is 590 g/mol. The van der Waals surface area contributed by atoms with Gasteiger partial charge in [-0.15, -0.1) is 0 Å². The van der Waals surface area contributed by atoms with Crippen LogP contribution in [0.1, 0.15) is 36.7 Å². The number of nitrogens with zero attached hydrogens (tertiary/aromatic N) is 5. The smallest absolute Gasteiger partial charge is 0.372 e. The third-order valence-corrected chi connectivity index (χ3v) is 7.90. The molecule has 0 saturated carbocycles. The van der Waals surface area contributed by atoms with E-state index in [9.17, 15) is 22.4 Å². The minimum atomic E-state index is -5.06. The maximum absolute atomic E-state index is 16.4. The quantitative estimate of drug-likeness (QED) is 0.373. The lowest BCUT2D eigenvalue weighted by atomic mass is 10.0. The average molecular weight is 623 g/mol. The Kier molecular flexibility index (Phi) is 8.76. The molecule has 3 atom stereocenters. The lowest BCUT2D eigenvalue weighted by Gasteiger charge is -2.39. The Labute approximate surface area is 250 Å². The number of rotatable bonds is 5. The van der Waals surface area contributed by atoms with Crippen molar-refractivity contribution in [2.75, 3.05) is 54.9 Å². The van der Waals surface area contributed by atoms with Crippen LogP contribution in [0.15, 0.2) is 36.7 Å². The molecule has 14 heteroatoms. The molecule has 3 heterocycles. The largest absolute Gasteiger partial charge is 0.417 e. The van der Waals surface area contributed by atoms with Gasteiger partial charge in [0.1, 0.15) is 17.3 Å². The fourth-order valence-corrected chi connectivity index (χ4v) is 5.59. The molecule has 1 N–H and O–H groups in total. The number of benzene rings is 2. The number of carbonyl (C=O) groups is 1. The third kappa shape index (κ3) is 6.46. The van der Waals surface area contributed by atoms with Crippen LogP contribution in [0.4, 0.5) is 43.7 Å². The van der Waals surface area contributed by atoms with Crippen LogP contribution in [-0.4, -0.2) is 78.8 Å². The van der Waals surface area contributed by atoms with E-state index in [1.54, 1.807) is 4.90 Å². The molecule has 1 aromatic heterocycles. The van der Waals surface area contributed by atoms with Crippen molar-refractivity contribution in [1.82, 2.24) is 14.9 Å². The minimum Gasteiger partial charge on any atom is -0.372 e. The summed E-state index contributed by atoms with van der Waals surface area (Å²) in [4.78, 5) is 27.4. The number of likely N-dealkylation sites (N-methyl/N-ethyl adjacent to an activating group) is 1. The Balaban J connectivity index is 1.56. The van der Waals surface area contributed by atoms with Gasteiger partial charge in [0.25, 0.3) is 5.91 Å². The first-order chi connectivity index (χ1) is 20.7. The average Bonchev–Trinajstić information content (AvgIpc) is 2.95. The predicted octanol–water partition coefficient (Wildman–Crippen LogP) is 5.59. The van der Waals surface area contributed by atoms with Crippen molar-refractivity contribution in [3.63, 3.8) is 0 Å². The molecular formula is C30H32F6N6O2. The van der Waals surface area contributed by atoms with Crippen LogP contribution in [-0.2, 0) is 10.9 Å². The highest BCUT2D eigenvalue weighted by Crippen LogP contribution is 2.40. The fraction of sp³-hybridized carbons (Fsp3) is 0.433. The van der Waals surface area contributed by atoms with Crippen molar-refractivity contribution in [3.8, 4) is 11.1 Å². The van der Waals surface area contributed by atoms with E-state index in [-0.39, 0.29) is 35.6 Å². The maximum Gasteiger partial charge on any atom is 0.417 e. The Morgan fingerprint density at radius 1 is 0.955 bits per heavy atom. The number of hydrogen-bond donors (Lipinski definition) is 1. The Bertz CT molecular complexity index is 1530. The van der Waals surface area contributed by atoms with Crippen molar-refractivity contribution in [2.45, 2.75) is 45.2 Å². The van der Waals surface area contributed by atoms with Crippen molar-refractivity contribution < 1.29 is 35.9 Å². The molecule has 1 unspecified atom stereocenters. The number of halogens is 6. The number of anilines is 3. The summed E-state index contributed by atoms with van der Waals surface area (Å²) in [6, 6.07) is 2.58. The molecule has 2 aliphatic heterocycles. The molecule has 0 spiro atoms. The van der Waals surface area contributed by atoms with Gasteiger partial charge in [-0.25, -0.2) is 23.1 Å². The Morgan fingerprint density at radius 2 is 1.61 bits per heavy atom. The van der Waals surface area contributed by atoms with Gasteiger partial charge in [-0.3, -0.25) is 4.79 Å². The van der Waals surface area contributed by atoms with Gasteiger partial charge >= 0.3 is 6.18 Å². The summed E-state index contributed by atoms with van der Waals surface area (Å²) in [6.45, 7) is 7.96. The first kappa shape index (κ1) is 31.5. The normalized spacial score (nSPS) is 21.5. The highest BCUT2D eigenvalue weighted by atomic mass is 19.4. The van der Waals surface area contributed by atoms with E-state index in [4.69, 9.17) is 4.74 Å². The van der Waals surface area contributed by atoms with Crippen LogP contribution in [0.25, 0.3) is 11.1 Å². The summed E-state index contributed by atoms with van der Waals surface area (Å²) in [7, 11) is 1.89. The van der Waals surface area contributed by atoms with Crippen molar-refractivity contribution in [3.05, 3.63) is 65.2 Å². The van der Waals surface area contributed by atoms with Gasteiger partial charge in [0.2, 0.25) is 5.95 Å². The van der Waals surface area contributed by atoms with Crippen LogP contribution in [0.5, 0.6) is 0 Å². The molecule has 0 radical (unpaired) electrons. The van der Waals surface area contributed by atoms with Gasteiger partial charge in [-0.2, -0.15) is 13.2 Å². The summed E-state index contributed by atoms with van der Waals surface area (Å²) in [5.41, 5.74) is -3.59. The highest BCUT2D eigenvalue weighted by Gasteiger charge is 2.37. The van der Waals surface area contributed by atoms with Crippen LogP contribution in [0.2, 0.25) is 0 Å². The zero-order valence-corrected chi connectivity index (χ0v) is 24.6. The van der Waals surface area contributed by atoms with Crippen molar-refractivity contribution in [1.29, 1.82) is 0 Å². The summed E-state index contributed by atoms with van der Waals surface area (Å²) in [5, 5.41) is 2.24. The number of amides is 1. The molecule has 2 aliphatic rings. The lowest BCUT2D eigenvalue weighted by Crippen LogP contribution is -2.50. The summed E-state index contributed by atoms with van der Waals surface area (Å²) in [5.74, 6) is -4.37. The van der Waals surface area contributed by atoms with Gasteiger partial charge < -0.3 is 24.8 Å². The van der Waals surface area contributed by atoms with E-state index < -0.39 is 51.9 Å². The molecule has 44 heavy (non-hydrogen) atoms. The summed E-state index contributed by atoms with van der Waals surface area (Å²) in [6.07, 6.45) is -2.72. The van der Waals surface area contributed by atoms with Gasteiger partial charge in [0.15, 0.2) is 5.82 Å². The van der Waals surface area contributed by atoms with E-state index in [0.717, 1.165) is 6.07 Å². The van der Waals surface area contributed by atoms with Gasteiger partial charge in [-0.1, -0.05) is 0 Å². The van der Waals surface area contributed by atoms with Gasteiger partial charge in [0, 0.05) is 62.8 Å². The topological polar surface area (TPSA) is 73.8 Å². The van der Waals surface area contributed by atoms with E-state index in [1.807, 2.05) is 37.6 Å². The molecule has 1 amide bonds. The number of aromatic nitrogens is 2. The van der Waals surface area contributed by atoms with Crippen molar-refractivity contribution in [2.24, 2.45) is 0 Å². The van der Waals surface area contributed by atoms with E-state index in [0.29, 0.717) is 50.8 Å².